The first-order chi connectivity index (χ1) is 7.17. The number of hydrogen-bond donors (Lipinski definition) is 0. The average Bonchev–Trinajstić information content (AvgIpc) is 2.26. The van der Waals surface area contributed by atoms with Crippen LogP contribution in [0.2, 0.25) is 0 Å². The lowest BCUT2D eigenvalue weighted by molar-refractivity contribution is 0.411. The van der Waals surface area contributed by atoms with Gasteiger partial charge in [0.05, 0.1) is 7.11 Å². The van der Waals surface area contributed by atoms with Crippen molar-refractivity contribution in [3.8, 4) is 5.75 Å². The SMILES string of the molecule is COc1ccc(C)cc1CSC(C)CCl. The number of alkyl halides is 1. The minimum atomic E-state index is 0.483. The molecule has 1 aromatic rings. The van der Waals surface area contributed by atoms with E-state index in [0.717, 1.165) is 11.5 Å². The number of benzene rings is 1. The Morgan fingerprint density at radius 2 is 2.20 bits per heavy atom. The van der Waals surface area contributed by atoms with Crippen molar-refractivity contribution in [3.63, 3.8) is 0 Å². The van der Waals surface area contributed by atoms with Gasteiger partial charge in [0, 0.05) is 22.4 Å². The average molecular weight is 245 g/mol. The molecule has 0 aliphatic carbocycles. The maximum Gasteiger partial charge on any atom is 0.122 e. The second kappa shape index (κ2) is 6.29. The van der Waals surface area contributed by atoms with E-state index in [9.17, 15) is 0 Å². The fourth-order valence-electron chi connectivity index (χ4n) is 1.30. The van der Waals surface area contributed by atoms with E-state index in [1.54, 1.807) is 7.11 Å². The summed E-state index contributed by atoms with van der Waals surface area (Å²) in [5.74, 6) is 2.62. The summed E-state index contributed by atoms with van der Waals surface area (Å²) in [4.78, 5) is 0. The summed E-state index contributed by atoms with van der Waals surface area (Å²) in [7, 11) is 1.71. The molecule has 1 unspecified atom stereocenters. The molecule has 0 amide bonds. The molecule has 0 saturated carbocycles. The third-order valence-electron chi connectivity index (χ3n) is 2.18. The monoisotopic (exact) mass is 244 g/mol. The molecule has 1 nitrogen and oxygen atoms in total. The van der Waals surface area contributed by atoms with Crippen molar-refractivity contribution in [1.29, 1.82) is 0 Å². The van der Waals surface area contributed by atoms with Crippen LogP contribution in [0.5, 0.6) is 5.75 Å². The van der Waals surface area contributed by atoms with Crippen molar-refractivity contribution in [2.45, 2.75) is 24.9 Å². The summed E-state index contributed by atoms with van der Waals surface area (Å²) in [5.41, 5.74) is 2.52. The van der Waals surface area contributed by atoms with E-state index in [0.29, 0.717) is 11.1 Å². The standard InChI is InChI=1S/C12H17ClOS/c1-9-4-5-12(14-3)11(6-9)8-15-10(2)7-13/h4-6,10H,7-8H2,1-3H3. The zero-order chi connectivity index (χ0) is 11.3. The molecule has 0 aliphatic rings. The zero-order valence-corrected chi connectivity index (χ0v) is 11.0. The number of hydrogen-bond acceptors (Lipinski definition) is 2. The van der Waals surface area contributed by atoms with Gasteiger partial charge in [0.25, 0.3) is 0 Å². The Labute approximate surface area is 101 Å². The van der Waals surface area contributed by atoms with Crippen LogP contribution >= 0.6 is 23.4 Å². The molecular weight excluding hydrogens is 228 g/mol. The largest absolute Gasteiger partial charge is 0.496 e. The molecule has 0 aromatic heterocycles. The predicted octanol–water partition coefficient (Wildman–Crippen LogP) is 3.86. The second-order valence-electron chi connectivity index (χ2n) is 3.59. The lowest BCUT2D eigenvalue weighted by Gasteiger charge is -2.11. The Kier molecular flexibility index (Phi) is 5.34. The highest BCUT2D eigenvalue weighted by Gasteiger charge is 2.06. The minimum Gasteiger partial charge on any atom is -0.496 e. The third kappa shape index (κ3) is 3.96. The van der Waals surface area contributed by atoms with E-state index in [1.165, 1.54) is 11.1 Å². The van der Waals surface area contributed by atoms with Crippen LogP contribution in [0, 0.1) is 6.92 Å². The second-order valence-corrected chi connectivity index (χ2v) is 5.33. The van der Waals surface area contributed by atoms with Gasteiger partial charge in [-0.1, -0.05) is 24.6 Å². The highest BCUT2D eigenvalue weighted by molar-refractivity contribution is 7.99. The van der Waals surface area contributed by atoms with Crippen molar-refractivity contribution >= 4 is 23.4 Å². The smallest absolute Gasteiger partial charge is 0.122 e. The summed E-state index contributed by atoms with van der Waals surface area (Å²) in [5, 5.41) is 0.483. The van der Waals surface area contributed by atoms with Crippen LogP contribution in [0.15, 0.2) is 18.2 Å². The van der Waals surface area contributed by atoms with Gasteiger partial charge >= 0.3 is 0 Å². The summed E-state index contributed by atoms with van der Waals surface area (Å²) < 4.78 is 5.32. The van der Waals surface area contributed by atoms with E-state index in [2.05, 4.69) is 26.0 Å². The third-order valence-corrected chi connectivity index (χ3v) is 4.04. The first kappa shape index (κ1) is 12.7. The molecule has 0 saturated heterocycles. The van der Waals surface area contributed by atoms with Crippen molar-refractivity contribution in [2.75, 3.05) is 13.0 Å². The molecular formula is C12H17ClOS. The van der Waals surface area contributed by atoms with Crippen LogP contribution in [0.3, 0.4) is 0 Å². The highest BCUT2D eigenvalue weighted by Crippen LogP contribution is 2.26. The quantitative estimate of drug-likeness (QED) is 0.728. The van der Waals surface area contributed by atoms with E-state index in [1.807, 2.05) is 17.8 Å². The van der Waals surface area contributed by atoms with Crippen LogP contribution < -0.4 is 4.74 Å². The van der Waals surface area contributed by atoms with Gasteiger partial charge in [-0.3, -0.25) is 0 Å². The Hall–Kier alpha value is -0.340. The number of rotatable bonds is 5. The number of halogens is 1. The van der Waals surface area contributed by atoms with E-state index >= 15 is 0 Å². The van der Waals surface area contributed by atoms with E-state index in [4.69, 9.17) is 16.3 Å². The minimum absolute atomic E-state index is 0.483. The van der Waals surface area contributed by atoms with Crippen molar-refractivity contribution in [1.82, 2.24) is 0 Å². The maximum atomic E-state index is 5.77. The topological polar surface area (TPSA) is 9.23 Å². The van der Waals surface area contributed by atoms with E-state index < -0.39 is 0 Å². The molecule has 0 heterocycles. The normalized spacial score (nSPS) is 12.5. The molecule has 1 rings (SSSR count). The van der Waals surface area contributed by atoms with Crippen LogP contribution in [0.25, 0.3) is 0 Å². The molecule has 1 aromatic carbocycles. The molecule has 0 radical (unpaired) electrons. The van der Waals surface area contributed by atoms with Gasteiger partial charge in [-0.05, 0) is 13.0 Å². The van der Waals surface area contributed by atoms with Crippen LogP contribution in [0.4, 0.5) is 0 Å². The summed E-state index contributed by atoms with van der Waals surface area (Å²) in [6, 6.07) is 6.27. The number of thioether (sulfide) groups is 1. The lowest BCUT2D eigenvalue weighted by Crippen LogP contribution is -1.99. The predicted molar refractivity (Wildman–Crippen MR) is 69.2 cm³/mol. The molecule has 0 N–H and O–H groups in total. The fourth-order valence-corrected chi connectivity index (χ4v) is 2.34. The van der Waals surface area contributed by atoms with Gasteiger partial charge in [-0.15, -0.1) is 11.6 Å². The van der Waals surface area contributed by atoms with Crippen molar-refractivity contribution < 1.29 is 4.74 Å². The first-order valence-corrected chi connectivity index (χ1v) is 6.56. The van der Waals surface area contributed by atoms with Crippen LogP contribution in [-0.4, -0.2) is 18.2 Å². The van der Waals surface area contributed by atoms with Gasteiger partial charge < -0.3 is 4.74 Å². The van der Waals surface area contributed by atoms with Gasteiger partial charge in [0.2, 0.25) is 0 Å². The summed E-state index contributed by atoms with van der Waals surface area (Å²) >= 11 is 7.63. The Morgan fingerprint density at radius 3 is 2.80 bits per heavy atom. The zero-order valence-electron chi connectivity index (χ0n) is 9.42. The molecule has 15 heavy (non-hydrogen) atoms. The van der Waals surface area contributed by atoms with Crippen LogP contribution in [0.1, 0.15) is 18.1 Å². The fraction of sp³-hybridized carbons (Fsp3) is 0.500. The van der Waals surface area contributed by atoms with Gasteiger partial charge in [-0.2, -0.15) is 11.8 Å². The summed E-state index contributed by atoms with van der Waals surface area (Å²) in [6.45, 7) is 4.23. The Balaban J connectivity index is 2.69. The highest BCUT2D eigenvalue weighted by atomic mass is 35.5. The molecule has 1 atom stereocenters. The molecule has 3 heteroatoms. The number of methoxy groups -OCH3 is 1. The molecule has 84 valence electrons. The number of aryl methyl sites for hydroxylation is 1. The number of ether oxygens (including phenoxy) is 1. The molecule has 0 spiro atoms. The molecule has 0 bridgehead atoms. The molecule has 0 fully saturated rings. The van der Waals surface area contributed by atoms with Crippen LogP contribution in [-0.2, 0) is 5.75 Å². The van der Waals surface area contributed by atoms with Crippen molar-refractivity contribution in [2.24, 2.45) is 0 Å². The first-order valence-electron chi connectivity index (χ1n) is 4.98. The van der Waals surface area contributed by atoms with Gasteiger partial charge in [0.15, 0.2) is 0 Å². The molecule has 0 aliphatic heterocycles. The Morgan fingerprint density at radius 1 is 1.47 bits per heavy atom. The lowest BCUT2D eigenvalue weighted by atomic mass is 10.1. The van der Waals surface area contributed by atoms with E-state index in [-0.39, 0.29) is 0 Å². The van der Waals surface area contributed by atoms with Gasteiger partial charge in [-0.25, -0.2) is 0 Å². The Bertz CT molecular complexity index is 314. The summed E-state index contributed by atoms with van der Waals surface area (Å²) in [6.07, 6.45) is 0. The van der Waals surface area contributed by atoms with Gasteiger partial charge in [0.1, 0.15) is 5.75 Å². The maximum absolute atomic E-state index is 5.77. The van der Waals surface area contributed by atoms with Crippen molar-refractivity contribution in [3.05, 3.63) is 29.3 Å².